The van der Waals surface area contributed by atoms with Crippen molar-refractivity contribution >= 4 is 35.6 Å². The number of nitro benzene ring substituents is 1. The number of nitrogens with one attached hydrogen (secondary N) is 1. The lowest BCUT2D eigenvalue weighted by atomic mass is 10.1. The number of carbonyl (C=O) groups is 3. The number of nitrogens with zero attached hydrogens (tertiary/aromatic N) is 2. The van der Waals surface area contributed by atoms with Crippen molar-refractivity contribution in [3.63, 3.8) is 0 Å². The van der Waals surface area contributed by atoms with Gasteiger partial charge in [0.2, 0.25) is 0 Å². The van der Waals surface area contributed by atoms with Gasteiger partial charge < -0.3 is 20.1 Å². The van der Waals surface area contributed by atoms with Gasteiger partial charge in [0.05, 0.1) is 9.95 Å². The van der Waals surface area contributed by atoms with E-state index >= 15 is 0 Å². The Kier molecular flexibility index (Phi) is 5.35. The minimum atomic E-state index is -1.40. The van der Waals surface area contributed by atoms with Crippen molar-refractivity contribution in [2.75, 3.05) is 6.54 Å². The first kappa shape index (κ1) is 17.7. The summed E-state index contributed by atoms with van der Waals surface area (Å²) in [4.78, 5) is 46.1. The van der Waals surface area contributed by atoms with Gasteiger partial charge in [0, 0.05) is 18.7 Å². The van der Waals surface area contributed by atoms with Crippen LogP contribution in [-0.2, 0) is 4.79 Å². The van der Waals surface area contributed by atoms with Gasteiger partial charge in [-0.1, -0.05) is 17.7 Å². The van der Waals surface area contributed by atoms with Gasteiger partial charge in [0.15, 0.2) is 0 Å². The number of halogens is 1. The maximum Gasteiger partial charge on any atom is 0.405 e. The predicted octanol–water partition coefficient (Wildman–Crippen LogP) is 1.69. The highest BCUT2D eigenvalue weighted by Gasteiger charge is 2.38. The molecule has 0 saturated heterocycles. The minimum Gasteiger partial charge on any atom is -0.465 e. The van der Waals surface area contributed by atoms with E-state index in [1.54, 1.807) is 0 Å². The highest BCUT2D eigenvalue weighted by atomic mass is 35.5. The van der Waals surface area contributed by atoms with Crippen LogP contribution in [0.15, 0.2) is 18.2 Å². The van der Waals surface area contributed by atoms with Crippen molar-refractivity contribution in [1.29, 1.82) is 0 Å². The summed E-state index contributed by atoms with van der Waals surface area (Å²) in [6.45, 7) is -0.221. The smallest absolute Gasteiger partial charge is 0.405 e. The Bertz CT molecular complexity index is 691. The van der Waals surface area contributed by atoms with Gasteiger partial charge in [-0.05, 0) is 18.9 Å². The van der Waals surface area contributed by atoms with E-state index in [1.165, 1.54) is 17.0 Å². The van der Waals surface area contributed by atoms with Crippen LogP contribution in [0.3, 0.4) is 0 Å². The first-order valence-electron chi connectivity index (χ1n) is 7.03. The Morgan fingerprint density at radius 2 is 2.17 bits per heavy atom. The zero-order chi connectivity index (χ0) is 17.9. The number of aldehydes is 1. The van der Waals surface area contributed by atoms with Crippen LogP contribution in [0.25, 0.3) is 0 Å². The fraction of sp³-hybridized carbons (Fsp3) is 0.357. The van der Waals surface area contributed by atoms with Gasteiger partial charge in [-0.25, -0.2) is 4.79 Å². The number of benzene rings is 1. The van der Waals surface area contributed by atoms with Crippen molar-refractivity contribution in [3.8, 4) is 0 Å². The Hall–Kier alpha value is -2.68. The fourth-order valence-corrected chi connectivity index (χ4v) is 2.55. The topological polar surface area (TPSA) is 130 Å². The van der Waals surface area contributed by atoms with Gasteiger partial charge in [-0.2, -0.15) is 0 Å². The molecule has 10 heteroatoms. The summed E-state index contributed by atoms with van der Waals surface area (Å²) in [5, 5.41) is 21.8. The number of hydrogen-bond acceptors (Lipinski definition) is 5. The second-order valence-electron chi connectivity index (χ2n) is 5.27. The zero-order valence-electron chi connectivity index (χ0n) is 12.3. The molecule has 2 N–H and O–H groups in total. The highest BCUT2D eigenvalue weighted by Crippen LogP contribution is 2.33. The number of carboxylic acid groups (broad SMARTS) is 1. The monoisotopic (exact) mass is 355 g/mol. The van der Waals surface area contributed by atoms with Crippen molar-refractivity contribution in [2.24, 2.45) is 0 Å². The SMILES string of the molecule is O=CC(CN(C(=O)c1c(Cl)cccc1[N+](=O)[O-])C1CC1)NC(=O)O. The van der Waals surface area contributed by atoms with E-state index in [-0.39, 0.29) is 23.2 Å². The molecule has 24 heavy (non-hydrogen) atoms. The molecule has 0 aromatic heterocycles. The third-order valence-corrected chi connectivity index (χ3v) is 3.83. The lowest BCUT2D eigenvalue weighted by molar-refractivity contribution is -0.385. The molecule has 1 unspecified atom stereocenters. The summed E-state index contributed by atoms with van der Waals surface area (Å²) in [5.41, 5.74) is -0.706. The van der Waals surface area contributed by atoms with Gasteiger partial charge in [-0.15, -0.1) is 0 Å². The standard InChI is InChI=1S/C14H14ClN3O6/c15-10-2-1-3-11(18(23)24)12(10)13(20)17(9-4-5-9)6-8(7-19)16-14(21)22/h1-3,7-9,16H,4-6H2,(H,21,22). The summed E-state index contributed by atoms with van der Waals surface area (Å²) in [7, 11) is 0. The maximum atomic E-state index is 12.8. The van der Waals surface area contributed by atoms with Crippen LogP contribution >= 0.6 is 11.6 Å². The fourth-order valence-electron chi connectivity index (χ4n) is 2.30. The van der Waals surface area contributed by atoms with Crippen molar-refractivity contribution < 1.29 is 24.4 Å². The average molecular weight is 356 g/mol. The first-order valence-corrected chi connectivity index (χ1v) is 7.41. The summed E-state index contributed by atoms with van der Waals surface area (Å²) in [6.07, 6.45) is 0.308. The van der Waals surface area contributed by atoms with Gasteiger partial charge in [-0.3, -0.25) is 14.9 Å². The third kappa shape index (κ3) is 3.99. The highest BCUT2D eigenvalue weighted by molar-refractivity contribution is 6.34. The Balaban J connectivity index is 2.32. The summed E-state index contributed by atoms with van der Waals surface area (Å²) in [5.74, 6) is -0.700. The molecule has 2 rings (SSSR count). The Labute approximate surface area is 141 Å². The molecule has 1 aliphatic carbocycles. The van der Waals surface area contributed by atoms with Gasteiger partial charge >= 0.3 is 6.09 Å². The molecular formula is C14H14ClN3O6. The van der Waals surface area contributed by atoms with E-state index in [4.69, 9.17) is 16.7 Å². The first-order chi connectivity index (χ1) is 11.3. The number of hydrogen-bond donors (Lipinski definition) is 2. The lowest BCUT2D eigenvalue weighted by Gasteiger charge is -2.25. The van der Waals surface area contributed by atoms with Crippen LogP contribution < -0.4 is 5.32 Å². The van der Waals surface area contributed by atoms with Crippen LogP contribution in [0.4, 0.5) is 10.5 Å². The molecule has 1 aromatic carbocycles. The number of rotatable bonds is 7. The quantitative estimate of drug-likeness (QED) is 0.435. The largest absolute Gasteiger partial charge is 0.465 e. The molecular weight excluding hydrogens is 342 g/mol. The lowest BCUT2D eigenvalue weighted by Crippen LogP contribution is -2.47. The van der Waals surface area contributed by atoms with Crippen LogP contribution in [0.1, 0.15) is 23.2 Å². The number of carbonyl (C=O) groups excluding carboxylic acids is 2. The van der Waals surface area contributed by atoms with E-state index in [0.29, 0.717) is 19.1 Å². The van der Waals surface area contributed by atoms with E-state index in [1.807, 2.05) is 5.32 Å². The normalized spacial score (nSPS) is 14.5. The molecule has 1 saturated carbocycles. The molecule has 1 fully saturated rings. The van der Waals surface area contributed by atoms with E-state index < -0.39 is 28.7 Å². The van der Waals surface area contributed by atoms with Crippen LogP contribution in [-0.4, -0.2) is 51.8 Å². The molecule has 1 atom stereocenters. The van der Waals surface area contributed by atoms with E-state index in [0.717, 1.165) is 6.07 Å². The molecule has 0 aliphatic heterocycles. The van der Waals surface area contributed by atoms with Crippen LogP contribution in [0.5, 0.6) is 0 Å². The molecule has 0 spiro atoms. The average Bonchev–Trinajstić information content (AvgIpc) is 3.34. The maximum absolute atomic E-state index is 12.8. The molecule has 0 radical (unpaired) electrons. The van der Waals surface area contributed by atoms with Crippen molar-refractivity contribution in [1.82, 2.24) is 10.2 Å². The minimum absolute atomic E-state index is 0.0753. The Morgan fingerprint density at radius 3 is 2.67 bits per heavy atom. The second kappa shape index (κ2) is 7.26. The Morgan fingerprint density at radius 1 is 1.50 bits per heavy atom. The molecule has 128 valence electrons. The summed E-state index contributed by atoms with van der Waals surface area (Å²) >= 11 is 5.96. The molecule has 9 nitrogen and oxygen atoms in total. The van der Waals surface area contributed by atoms with Crippen molar-refractivity contribution in [2.45, 2.75) is 24.9 Å². The van der Waals surface area contributed by atoms with Gasteiger partial charge in [0.1, 0.15) is 17.9 Å². The van der Waals surface area contributed by atoms with Crippen LogP contribution in [0, 0.1) is 10.1 Å². The third-order valence-electron chi connectivity index (χ3n) is 3.52. The molecule has 0 heterocycles. The molecule has 1 aromatic rings. The summed E-state index contributed by atoms with van der Waals surface area (Å²) < 4.78 is 0. The number of amides is 2. The molecule has 1 aliphatic rings. The zero-order valence-corrected chi connectivity index (χ0v) is 13.1. The van der Waals surface area contributed by atoms with Crippen molar-refractivity contribution in [3.05, 3.63) is 38.9 Å². The predicted molar refractivity (Wildman–Crippen MR) is 83.2 cm³/mol. The number of nitro groups is 1. The van der Waals surface area contributed by atoms with E-state index in [9.17, 15) is 24.5 Å². The van der Waals surface area contributed by atoms with Crippen LogP contribution in [0.2, 0.25) is 5.02 Å². The summed E-state index contributed by atoms with van der Waals surface area (Å²) in [6, 6.07) is 2.55. The molecule has 0 bridgehead atoms. The molecule has 2 amide bonds. The van der Waals surface area contributed by atoms with Gasteiger partial charge in [0.25, 0.3) is 11.6 Å². The second-order valence-corrected chi connectivity index (χ2v) is 5.68. The van der Waals surface area contributed by atoms with E-state index in [2.05, 4.69) is 0 Å².